The van der Waals surface area contributed by atoms with Crippen LogP contribution in [0.25, 0.3) is 0 Å². The molecule has 140 valence electrons. The van der Waals surface area contributed by atoms with Gasteiger partial charge in [0, 0.05) is 3.57 Å². The van der Waals surface area contributed by atoms with Crippen LogP contribution in [0.5, 0.6) is 0 Å². The van der Waals surface area contributed by atoms with Crippen molar-refractivity contribution < 1.29 is 17.0 Å². The molecule has 0 N–H and O–H groups in total. The van der Waals surface area contributed by atoms with Crippen molar-refractivity contribution in [1.29, 1.82) is 0 Å². The Morgan fingerprint density at radius 2 is 0.857 bits per heavy atom. The average Bonchev–Trinajstić information content (AvgIpc) is 2.75. The molecule has 0 saturated carbocycles. The minimum atomic E-state index is -1.79. The van der Waals surface area contributed by atoms with Gasteiger partial charge in [0.25, 0.3) is 0 Å². The summed E-state index contributed by atoms with van der Waals surface area (Å²) in [5.41, 5.74) is 1.39. The van der Waals surface area contributed by atoms with E-state index in [9.17, 15) is 0 Å². The Kier molecular flexibility index (Phi) is 7.45. The van der Waals surface area contributed by atoms with Crippen LogP contribution in [-0.2, 0) is 6.16 Å². The van der Waals surface area contributed by atoms with Gasteiger partial charge in [0.05, 0.1) is 6.16 Å². The molecule has 0 nitrogen and oxygen atoms in total. The molecule has 0 saturated heterocycles. The maximum atomic E-state index is 2.38. The van der Waals surface area contributed by atoms with Gasteiger partial charge in [-0.1, -0.05) is 66.7 Å². The Labute approximate surface area is 192 Å². The maximum absolute atomic E-state index is 2.38. The summed E-state index contributed by atoms with van der Waals surface area (Å²) in [6.45, 7) is 0. The van der Waals surface area contributed by atoms with Crippen molar-refractivity contribution in [2.75, 3.05) is 0 Å². The molecule has 0 fully saturated rings. The number of halogens is 2. The molecule has 0 amide bonds. The number of benzene rings is 4. The summed E-state index contributed by atoms with van der Waals surface area (Å²) >= 11 is 2.38. The molecule has 0 heterocycles. The van der Waals surface area contributed by atoms with Crippen molar-refractivity contribution in [3.05, 3.63) is 124 Å². The van der Waals surface area contributed by atoms with E-state index in [0.717, 1.165) is 6.16 Å². The summed E-state index contributed by atoms with van der Waals surface area (Å²) in [5, 5.41) is 4.29. The Balaban J connectivity index is 0.00000225. The van der Waals surface area contributed by atoms with Crippen LogP contribution in [0.3, 0.4) is 0 Å². The highest BCUT2D eigenvalue weighted by atomic mass is 127. The second-order valence-corrected chi connectivity index (χ2v) is 11.3. The van der Waals surface area contributed by atoms with Gasteiger partial charge in [-0.25, -0.2) is 0 Å². The molecular formula is C25H21BrIP. The van der Waals surface area contributed by atoms with Crippen molar-refractivity contribution in [1.82, 2.24) is 0 Å². The van der Waals surface area contributed by atoms with Crippen molar-refractivity contribution >= 4 is 45.8 Å². The van der Waals surface area contributed by atoms with Gasteiger partial charge < -0.3 is 17.0 Å². The van der Waals surface area contributed by atoms with Gasteiger partial charge in [0.1, 0.15) is 23.2 Å². The van der Waals surface area contributed by atoms with Gasteiger partial charge in [-0.15, -0.1) is 0 Å². The SMILES string of the molecule is Ic1ccc(C[P+](c2ccccc2)(c2ccccc2)c2ccccc2)cc1.[Br-]. The van der Waals surface area contributed by atoms with Crippen LogP contribution in [0.2, 0.25) is 0 Å². The predicted molar refractivity (Wildman–Crippen MR) is 128 cm³/mol. The fraction of sp³-hybridized carbons (Fsp3) is 0.0400. The molecule has 0 aliphatic carbocycles. The fourth-order valence-electron chi connectivity index (χ4n) is 3.63. The molecule has 0 radical (unpaired) electrons. The molecule has 4 rings (SSSR count). The Hall–Kier alpha value is -1.48. The summed E-state index contributed by atoms with van der Waals surface area (Å²) in [5.74, 6) is 0. The molecule has 0 aliphatic rings. The second kappa shape index (κ2) is 9.82. The Bertz CT molecular complexity index is 890. The lowest BCUT2D eigenvalue weighted by molar-refractivity contribution is -0.00000508. The van der Waals surface area contributed by atoms with E-state index in [0.29, 0.717) is 0 Å². The molecule has 3 heteroatoms. The summed E-state index contributed by atoms with van der Waals surface area (Å²) < 4.78 is 1.28. The molecule has 0 aromatic heterocycles. The van der Waals surface area contributed by atoms with Crippen LogP contribution in [0.15, 0.2) is 115 Å². The van der Waals surface area contributed by atoms with E-state index in [2.05, 4.69) is 138 Å². The van der Waals surface area contributed by atoms with Gasteiger partial charge in [-0.2, -0.15) is 0 Å². The van der Waals surface area contributed by atoms with Gasteiger partial charge in [0.2, 0.25) is 0 Å². The van der Waals surface area contributed by atoms with Gasteiger partial charge in [-0.05, 0) is 76.7 Å². The number of hydrogen-bond donors (Lipinski definition) is 0. The molecule has 4 aromatic rings. The maximum Gasteiger partial charge on any atom is 0.116 e. The monoisotopic (exact) mass is 558 g/mol. The topological polar surface area (TPSA) is 0 Å². The summed E-state index contributed by atoms with van der Waals surface area (Å²) in [6, 6.07) is 42.2. The van der Waals surface area contributed by atoms with E-state index in [1.54, 1.807) is 0 Å². The first-order valence-corrected chi connectivity index (χ1v) is 12.1. The quantitative estimate of drug-likeness (QED) is 0.261. The fourth-order valence-corrected chi connectivity index (χ4v) is 8.24. The predicted octanol–water partition coefficient (Wildman–Crippen LogP) is 2.79. The third kappa shape index (κ3) is 4.40. The molecular weight excluding hydrogens is 538 g/mol. The lowest BCUT2D eigenvalue weighted by Gasteiger charge is -2.27. The van der Waals surface area contributed by atoms with E-state index in [4.69, 9.17) is 0 Å². The Morgan fingerprint density at radius 3 is 1.21 bits per heavy atom. The lowest BCUT2D eigenvalue weighted by Crippen LogP contribution is -3.00. The largest absolute Gasteiger partial charge is 1.00 e. The molecule has 4 aromatic carbocycles. The van der Waals surface area contributed by atoms with E-state index in [-0.39, 0.29) is 17.0 Å². The highest BCUT2D eigenvalue weighted by Crippen LogP contribution is 2.58. The molecule has 0 atom stereocenters. The highest BCUT2D eigenvalue weighted by molar-refractivity contribution is 14.1. The van der Waals surface area contributed by atoms with Crippen LogP contribution >= 0.6 is 29.9 Å². The smallest absolute Gasteiger partial charge is 0.116 e. The van der Waals surface area contributed by atoms with E-state index in [1.165, 1.54) is 25.0 Å². The van der Waals surface area contributed by atoms with Gasteiger partial charge in [0.15, 0.2) is 0 Å². The molecule has 0 unspecified atom stereocenters. The third-order valence-corrected chi connectivity index (χ3v) is 10.0. The summed E-state index contributed by atoms with van der Waals surface area (Å²) in [7, 11) is -1.79. The van der Waals surface area contributed by atoms with Crippen LogP contribution in [0.1, 0.15) is 5.56 Å². The van der Waals surface area contributed by atoms with Crippen molar-refractivity contribution in [2.24, 2.45) is 0 Å². The van der Waals surface area contributed by atoms with E-state index in [1.807, 2.05) is 0 Å². The van der Waals surface area contributed by atoms with Crippen LogP contribution in [-0.4, -0.2) is 0 Å². The first kappa shape index (κ1) is 21.2. The van der Waals surface area contributed by atoms with E-state index < -0.39 is 7.26 Å². The molecule has 0 aliphatic heterocycles. The zero-order chi connectivity index (χ0) is 18.5. The van der Waals surface area contributed by atoms with Crippen LogP contribution in [0.4, 0.5) is 0 Å². The van der Waals surface area contributed by atoms with Crippen LogP contribution in [0, 0.1) is 3.57 Å². The molecule has 0 spiro atoms. The minimum absolute atomic E-state index is 0. The molecule has 28 heavy (non-hydrogen) atoms. The van der Waals surface area contributed by atoms with Gasteiger partial charge >= 0.3 is 0 Å². The number of rotatable bonds is 5. The standard InChI is InChI=1S/C25H21IP.BrH/c26-22-18-16-21(17-19-22)20-27(23-10-4-1-5-11-23,24-12-6-2-7-13-24)25-14-8-3-9-15-25;/h1-19H,20H2;1H/q+1;/p-1. The first-order chi connectivity index (χ1) is 13.3. The zero-order valence-corrected chi connectivity index (χ0v) is 20.0. The average molecular weight is 559 g/mol. The van der Waals surface area contributed by atoms with E-state index >= 15 is 0 Å². The highest BCUT2D eigenvalue weighted by Gasteiger charge is 2.45. The molecule has 0 bridgehead atoms. The van der Waals surface area contributed by atoms with Crippen LogP contribution < -0.4 is 32.9 Å². The summed E-state index contributed by atoms with van der Waals surface area (Å²) in [4.78, 5) is 0. The Morgan fingerprint density at radius 1 is 0.500 bits per heavy atom. The minimum Gasteiger partial charge on any atom is -1.00 e. The van der Waals surface area contributed by atoms with Crippen molar-refractivity contribution in [3.8, 4) is 0 Å². The van der Waals surface area contributed by atoms with Crippen molar-refractivity contribution in [3.63, 3.8) is 0 Å². The first-order valence-electron chi connectivity index (χ1n) is 9.08. The lowest BCUT2D eigenvalue weighted by atomic mass is 10.2. The summed E-state index contributed by atoms with van der Waals surface area (Å²) in [6.07, 6.45) is 1.03. The van der Waals surface area contributed by atoms with Crippen molar-refractivity contribution in [2.45, 2.75) is 6.16 Å². The second-order valence-electron chi connectivity index (χ2n) is 6.60. The zero-order valence-electron chi connectivity index (χ0n) is 15.4. The number of hydrogen-bond acceptors (Lipinski definition) is 0. The third-order valence-electron chi connectivity index (χ3n) is 4.92. The van der Waals surface area contributed by atoms with Gasteiger partial charge in [-0.3, -0.25) is 0 Å². The normalized spacial score (nSPS) is 10.9.